The van der Waals surface area contributed by atoms with Crippen molar-refractivity contribution in [2.45, 2.75) is 32.3 Å². The molecule has 0 aliphatic carbocycles. The molecule has 0 fully saturated rings. The van der Waals surface area contributed by atoms with E-state index in [2.05, 4.69) is 6.58 Å². The van der Waals surface area contributed by atoms with Crippen LogP contribution in [0.15, 0.2) is 73.3 Å². The Bertz CT molecular complexity index is 583. The average molecular weight is 326 g/mol. The van der Waals surface area contributed by atoms with Crippen LogP contribution in [0.25, 0.3) is 0 Å². The lowest BCUT2D eigenvalue weighted by molar-refractivity contribution is -0.0494. The predicted octanol–water partition coefficient (Wildman–Crippen LogP) is 3.97. The maximum atomic E-state index is 10.3. The van der Waals surface area contributed by atoms with Crippen molar-refractivity contribution >= 4 is 0 Å². The van der Waals surface area contributed by atoms with Crippen LogP contribution >= 0.6 is 0 Å². The SMILES string of the molecule is C=C[C@H](OCc1ccccc1)[C@@H](C)[C@H](O)COCc1ccccc1. The molecule has 2 aromatic rings. The minimum atomic E-state index is -0.604. The van der Waals surface area contributed by atoms with E-state index in [4.69, 9.17) is 9.47 Å². The minimum absolute atomic E-state index is 0.0954. The fourth-order valence-electron chi connectivity index (χ4n) is 2.44. The van der Waals surface area contributed by atoms with E-state index >= 15 is 0 Å². The first-order valence-electron chi connectivity index (χ1n) is 8.28. The molecule has 0 spiro atoms. The Morgan fingerprint density at radius 1 is 0.958 bits per heavy atom. The lowest BCUT2D eigenvalue weighted by Crippen LogP contribution is -2.33. The van der Waals surface area contributed by atoms with Gasteiger partial charge >= 0.3 is 0 Å². The highest BCUT2D eigenvalue weighted by Gasteiger charge is 2.23. The summed E-state index contributed by atoms with van der Waals surface area (Å²) in [7, 11) is 0. The van der Waals surface area contributed by atoms with E-state index in [1.807, 2.05) is 67.6 Å². The lowest BCUT2D eigenvalue weighted by atomic mass is 9.98. The number of benzene rings is 2. The van der Waals surface area contributed by atoms with Crippen molar-refractivity contribution in [2.75, 3.05) is 6.61 Å². The summed E-state index contributed by atoms with van der Waals surface area (Å²) in [6.45, 7) is 7.05. The molecule has 128 valence electrons. The summed E-state index contributed by atoms with van der Waals surface area (Å²) in [4.78, 5) is 0. The van der Waals surface area contributed by atoms with Crippen LogP contribution in [-0.2, 0) is 22.7 Å². The van der Waals surface area contributed by atoms with Gasteiger partial charge in [-0.3, -0.25) is 0 Å². The molecule has 0 aromatic heterocycles. The zero-order valence-electron chi connectivity index (χ0n) is 14.2. The second-order valence-corrected chi connectivity index (χ2v) is 5.92. The van der Waals surface area contributed by atoms with Gasteiger partial charge in [0.15, 0.2) is 0 Å². The summed E-state index contributed by atoms with van der Waals surface area (Å²) in [5.41, 5.74) is 2.20. The third kappa shape index (κ3) is 5.93. The lowest BCUT2D eigenvalue weighted by Gasteiger charge is -2.26. The Hall–Kier alpha value is -1.94. The van der Waals surface area contributed by atoms with E-state index in [0.29, 0.717) is 13.2 Å². The summed E-state index contributed by atoms with van der Waals surface area (Å²) in [6, 6.07) is 19.9. The van der Waals surface area contributed by atoms with Crippen LogP contribution in [0, 0.1) is 5.92 Å². The topological polar surface area (TPSA) is 38.7 Å². The molecule has 0 amide bonds. The van der Waals surface area contributed by atoms with Crippen LogP contribution < -0.4 is 0 Å². The Balaban J connectivity index is 1.76. The predicted molar refractivity (Wildman–Crippen MR) is 96.5 cm³/mol. The smallest absolute Gasteiger partial charge is 0.0827 e. The average Bonchev–Trinajstić information content (AvgIpc) is 2.63. The molecule has 0 aliphatic rings. The van der Waals surface area contributed by atoms with E-state index in [-0.39, 0.29) is 18.6 Å². The number of aliphatic hydroxyl groups excluding tert-OH is 1. The number of aliphatic hydroxyl groups is 1. The molecular formula is C21H26O3. The van der Waals surface area contributed by atoms with Gasteiger partial charge in [-0.05, 0) is 11.1 Å². The van der Waals surface area contributed by atoms with Gasteiger partial charge in [0.2, 0.25) is 0 Å². The van der Waals surface area contributed by atoms with Crippen molar-refractivity contribution in [1.29, 1.82) is 0 Å². The second kappa shape index (κ2) is 10.0. The van der Waals surface area contributed by atoms with E-state index in [1.165, 1.54) is 0 Å². The van der Waals surface area contributed by atoms with Gasteiger partial charge in [0.05, 0.1) is 32.0 Å². The molecule has 2 rings (SSSR count). The summed E-state index contributed by atoms with van der Waals surface area (Å²) in [5.74, 6) is -0.0954. The van der Waals surface area contributed by atoms with Crippen LogP contribution in [-0.4, -0.2) is 23.9 Å². The molecule has 2 aromatic carbocycles. The van der Waals surface area contributed by atoms with E-state index in [9.17, 15) is 5.11 Å². The first-order valence-corrected chi connectivity index (χ1v) is 8.28. The van der Waals surface area contributed by atoms with Crippen LogP contribution in [0.4, 0.5) is 0 Å². The molecule has 0 unspecified atom stereocenters. The highest BCUT2D eigenvalue weighted by molar-refractivity contribution is 5.14. The van der Waals surface area contributed by atoms with Crippen LogP contribution in [0.5, 0.6) is 0 Å². The largest absolute Gasteiger partial charge is 0.390 e. The van der Waals surface area contributed by atoms with Gasteiger partial charge in [0.25, 0.3) is 0 Å². The Kier molecular flexibility index (Phi) is 7.69. The van der Waals surface area contributed by atoms with Crippen LogP contribution in [0.3, 0.4) is 0 Å². The van der Waals surface area contributed by atoms with Crippen molar-refractivity contribution in [3.8, 4) is 0 Å². The molecule has 0 aliphatic heterocycles. The molecule has 1 N–H and O–H groups in total. The summed E-state index contributed by atoms with van der Waals surface area (Å²) < 4.78 is 11.5. The van der Waals surface area contributed by atoms with Crippen molar-refractivity contribution in [3.63, 3.8) is 0 Å². The van der Waals surface area contributed by atoms with E-state index in [1.54, 1.807) is 6.08 Å². The van der Waals surface area contributed by atoms with Gasteiger partial charge in [-0.15, -0.1) is 6.58 Å². The minimum Gasteiger partial charge on any atom is -0.390 e. The molecule has 0 saturated heterocycles. The Morgan fingerprint density at radius 3 is 2.04 bits per heavy atom. The van der Waals surface area contributed by atoms with Crippen molar-refractivity contribution in [3.05, 3.63) is 84.4 Å². The number of hydrogen-bond acceptors (Lipinski definition) is 3. The number of hydrogen-bond donors (Lipinski definition) is 1. The molecule has 0 saturated carbocycles. The van der Waals surface area contributed by atoms with Gasteiger partial charge in [-0.1, -0.05) is 73.7 Å². The van der Waals surface area contributed by atoms with Crippen molar-refractivity contribution in [1.82, 2.24) is 0 Å². The number of ether oxygens (including phenoxy) is 2. The van der Waals surface area contributed by atoms with Crippen LogP contribution in [0.1, 0.15) is 18.1 Å². The van der Waals surface area contributed by atoms with Gasteiger partial charge in [0, 0.05) is 5.92 Å². The maximum Gasteiger partial charge on any atom is 0.0827 e. The highest BCUT2D eigenvalue weighted by Crippen LogP contribution is 2.16. The van der Waals surface area contributed by atoms with Gasteiger partial charge in [-0.2, -0.15) is 0 Å². The quantitative estimate of drug-likeness (QED) is 0.671. The molecule has 0 heterocycles. The molecule has 0 bridgehead atoms. The zero-order valence-corrected chi connectivity index (χ0v) is 14.2. The molecular weight excluding hydrogens is 300 g/mol. The maximum absolute atomic E-state index is 10.3. The van der Waals surface area contributed by atoms with Crippen molar-refractivity contribution in [2.24, 2.45) is 5.92 Å². The van der Waals surface area contributed by atoms with E-state index in [0.717, 1.165) is 11.1 Å². The van der Waals surface area contributed by atoms with Gasteiger partial charge < -0.3 is 14.6 Å². The zero-order chi connectivity index (χ0) is 17.2. The summed E-state index contributed by atoms with van der Waals surface area (Å²) in [6.07, 6.45) is 0.918. The van der Waals surface area contributed by atoms with Gasteiger partial charge in [0.1, 0.15) is 0 Å². The molecule has 0 radical (unpaired) electrons. The molecule has 24 heavy (non-hydrogen) atoms. The molecule has 3 nitrogen and oxygen atoms in total. The fourth-order valence-corrected chi connectivity index (χ4v) is 2.44. The first kappa shape index (κ1) is 18.4. The third-order valence-corrected chi connectivity index (χ3v) is 4.04. The summed E-state index contributed by atoms with van der Waals surface area (Å²) in [5, 5.41) is 10.3. The Labute approximate surface area is 144 Å². The normalized spacial score (nSPS) is 14.8. The molecule has 3 atom stereocenters. The monoisotopic (exact) mass is 326 g/mol. The third-order valence-electron chi connectivity index (χ3n) is 4.04. The summed E-state index contributed by atoms with van der Waals surface area (Å²) >= 11 is 0. The van der Waals surface area contributed by atoms with Crippen LogP contribution in [0.2, 0.25) is 0 Å². The fraction of sp³-hybridized carbons (Fsp3) is 0.333. The van der Waals surface area contributed by atoms with Crippen molar-refractivity contribution < 1.29 is 14.6 Å². The first-order chi connectivity index (χ1) is 11.7. The second-order valence-electron chi connectivity index (χ2n) is 5.92. The van der Waals surface area contributed by atoms with Gasteiger partial charge in [-0.25, -0.2) is 0 Å². The standard InChI is InChI=1S/C21H26O3/c1-3-21(24-15-19-12-8-5-9-13-19)17(2)20(22)16-23-14-18-10-6-4-7-11-18/h3-13,17,20-22H,1,14-16H2,2H3/t17-,20+,21-/m0/s1. The highest BCUT2D eigenvalue weighted by atomic mass is 16.5. The number of rotatable bonds is 10. The Morgan fingerprint density at radius 2 is 1.50 bits per heavy atom. The molecule has 3 heteroatoms. The van der Waals surface area contributed by atoms with E-state index < -0.39 is 6.10 Å².